The summed E-state index contributed by atoms with van der Waals surface area (Å²) in [6.45, 7) is 5.86. The number of hydrogen-bond donors (Lipinski definition) is 1. The maximum absolute atomic E-state index is 11.4. The van der Waals surface area contributed by atoms with Gasteiger partial charge in [-0.1, -0.05) is 5.92 Å². The van der Waals surface area contributed by atoms with Crippen molar-refractivity contribution in [1.82, 2.24) is 15.1 Å². The van der Waals surface area contributed by atoms with Gasteiger partial charge in [0.25, 0.3) is 0 Å². The van der Waals surface area contributed by atoms with E-state index in [2.05, 4.69) is 27.1 Å². The molecule has 92 valence electrons. The first-order valence-electron chi connectivity index (χ1n) is 5.73. The molecule has 1 atom stereocenters. The largest absolute Gasteiger partial charge is 0.344 e. The number of piperazine rings is 1. The van der Waals surface area contributed by atoms with E-state index in [9.17, 15) is 4.79 Å². The van der Waals surface area contributed by atoms with Gasteiger partial charge in [0.1, 0.15) is 0 Å². The molecule has 1 rings (SSSR count). The number of nitriles is 1. The van der Waals surface area contributed by atoms with E-state index in [0.717, 1.165) is 26.2 Å². The lowest BCUT2D eigenvalue weighted by atomic mass is 10.2. The van der Waals surface area contributed by atoms with Crippen LogP contribution in [0.3, 0.4) is 0 Å². The van der Waals surface area contributed by atoms with Gasteiger partial charge in [-0.15, -0.1) is 6.42 Å². The van der Waals surface area contributed by atoms with Gasteiger partial charge in [0.15, 0.2) is 0 Å². The van der Waals surface area contributed by atoms with E-state index in [1.165, 1.54) is 0 Å². The van der Waals surface area contributed by atoms with Gasteiger partial charge < -0.3 is 5.32 Å². The average molecular weight is 234 g/mol. The van der Waals surface area contributed by atoms with Crippen LogP contribution in [0.25, 0.3) is 0 Å². The van der Waals surface area contributed by atoms with Crippen LogP contribution < -0.4 is 5.32 Å². The van der Waals surface area contributed by atoms with Crippen molar-refractivity contribution in [3.63, 3.8) is 0 Å². The predicted octanol–water partition coefficient (Wildman–Crippen LogP) is -0.735. The highest BCUT2D eigenvalue weighted by atomic mass is 16.2. The van der Waals surface area contributed by atoms with E-state index in [1.807, 2.05) is 6.92 Å². The molecule has 0 bridgehead atoms. The smallest absolute Gasteiger partial charge is 0.234 e. The fourth-order valence-corrected chi connectivity index (χ4v) is 1.80. The molecule has 5 heteroatoms. The highest BCUT2D eigenvalue weighted by Crippen LogP contribution is 2.05. The van der Waals surface area contributed by atoms with E-state index in [4.69, 9.17) is 11.7 Å². The van der Waals surface area contributed by atoms with Crippen LogP contribution in [0, 0.1) is 23.7 Å². The number of rotatable bonds is 4. The highest BCUT2D eigenvalue weighted by Gasteiger charge is 2.21. The number of terminal acetylenes is 1. The maximum Gasteiger partial charge on any atom is 0.234 e. The second kappa shape index (κ2) is 6.90. The number of nitrogens with one attached hydrogen (secondary N) is 1. The van der Waals surface area contributed by atoms with E-state index >= 15 is 0 Å². The molecule has 1 aliphatic heterocycles. The quantitative estimate of drug-likeness (QED) is 0.651. The van der Waals surface area contributed by atoms with Crippen LogP contribution in [0.4, 0.5) is 0 Å². The first-order valence-corrected chi connectivity index (χ1v) is 5.73. The standard InChI is InChI=1S/C12H18N4O/c1-3-4-14-12(17)10-15-5-7-16(8-6-15)11(2)9-13/h1,11H,4-8,10H2,2H3,(H,14,17). The lowest BCUT2D eigenvalue weighted by Gasteiger charge is -2.35. The third kappa shape index (κ3) is 4.44. The minimum absolute atomic E-state index is 0.0373. The van der Waals surface area contributed by atoms with Crippen LogP contribution in [-0.2, 0) is 4.79 Å². The predicted molar refractivity (Wildman–Crippen MR) is 64.9 cm³/mol. The molecule has 0 aromatic heterocycles. The van der Waals surface area contributed by atoms with Crippen LogP contribution in [-0.4, -0.2) is 61.0 Å². The van der Waals surface area contributed by atoms with Crippen LogP contribution >= 0.6 is 0 Å². The van der Waals surface area contributed by atoms with Crippen molar-refractivity contribution in [2.75, 3.05) is 39.3 Å². The molecule has 17 heavy (non-hydrogen) atoms. The minimum atomic E-state index is -0.0487. The third-order valence-electron chi connectivity index (χ3n) is 2.90. The van der Waals surface area contributed by atoms with Gasteiger partial charge in [-0.25, -0.2) is 0 Å². The summed E-state index contributed by atoms with van der Waals surface area (Å²) in [5.41, 5.74) is 0. The van der Waals surface area contributed by atoms with Crippen LogP contribution in [0.1, 0.15) is 6.92 Å². The Hall–Kier alpha value is -1.56. The van der Waals surface area contributed by atoms with Gasteiger partial charge in [0, 0.05) is 26.2 Å². The van der Waals surface area contributed by atoms with Crippen LogP contribution in [0.15, 0.2) is 0 Å². The zero-order valence-corrected chi connectivity index (χ0v) is 10.1. The summed E-state index contributed by atoms with van der Waals surface area (Å²) in [6.07, 6.45) is 5.06. The molecule has 5 nitrogen and oxygen atoms in total. The Labute approximate surface area is 102 Å². The van der Waals surface area contributed by atoms with Crippen LogP contribution in [0.2, 0.25) is 0 Å². The SMILES string of the molecule is C#CCNC(=O)CN1CCN(C(C)C#N)CC1. The van der Waals surface area contributed by atoms with E-state index in [1.54, 1.807) is 0 Å². The van der Waals surface area contributed by atoms with Gasteiger partial charge in [-0.2, -0.15) is 5.26 Å². The highest BCUT2D eigenvalue weighted by molar-refractivity contribution is 5.78. The monoisotopic (exact) mass is 234 g/mol. The average Bonchev–Trinajstić information content (AvgIpc) is 2.36. The van der Waals surface area contributed by atoms with E-state index < -0.39 is 0 Å². The number of amides is 1. The molecule has 0 aromatic rings. The Bertz CT molecular complexity index is 333. The summed E-state index contributed by atoms with van der Waals surface area (Å²) in [5.74, 6) is 2.33. The summed E-state index contributed by atoms with van der Waals surface area (Å²) in [5, 5.41) is 11.4. The van der Waals surface area contributed by atoms with Crippen molar-refractivity contribution in [1.29, 1.82) is 5.26 Å². The molecule has 0 aliphatic carbocycles. The Morgan fingerprint density at radius 3 is 2.65 bits per heavy atom. The van der Waals surface area contributed by atoms with Crippen molar-refractivity contribution in [3.8, 4) is 18.4 Å². The Morgan fingerprint density at radius 2 is 2.12 bits per heavy atom. The van der Waals surface area contributed by atoms with Crippen molar-refractivity contribution in [3.05, 3.63) is 0 Å². The summed E-state index contributed by atoms with van der Waals surface area (Å²) in [7, 11) is 0. The fraction of sp³-hybridized carbons (Fsp3) is 0.667. The summed E-state index contributed by atoms with van der Waals surface area (Å²) >= 11 is 0. The first-order chi connectivity index (χ1) is 8.17. The normalized spacial score (nSPS) is 19.0. The van der Waals surface area contributed by atoms with Gasteiger partial charge in [0.2, 0.25) is 5.91 Å². The van der Waals surface area contributed by atoms with Gasteiger partial charge in [0.05, 0.1) is 25.2 Å². The number of carbonyl (C=O) groups is 1. The lowest BCUT2D eigenvalue weighted by molar-refractivity contribution is -0.122. The maximum atomic E-state index is 11.4. The summed E-state index contributed by atoms with van der Waals surface area (Å²) < 4.78 is 0. The van der Waals surface area contributed by atoms with E-state index in [-0.39, 0.29) is 18.5 Å². The zero-order chi connectivity index (χ0) is 12.7. The molecule has 1 fully saturated rings. The molecule has 1 heterocycles. The Morgan fingerprint density at radius 1 is 1.47 bits per heavy atom. The molecular weight excluding hydrogens is 216 g/mol. The first kappa shape index (κ1) is 13.5. The summed E-state index contributed by atoms with van der Waals surface area (Å²) in [4.78, 5) is 15.6. The lowest BCUT2D eigenvalue weighted by Crippen LogP contribution is -2.51. The minimum Gasteiger partial charge on any atom is -0.344 e. The van der Waals surface area contributed by atoms with Crippen LogP contribution in [0.5, 0.6) is 0 Å². The van der Waals surface area contributed by atoms with Gasteiger partial charge in [-0.3, -0.25) is 14.6 Å². The van der Waals surface area contributed by atoms with Gasteiger partial charge in [-0.05, 0) is 6.92 Å². The Balaban J connectivity index is 2.26. The number of hydrogen-bond acceptors (Lipinski definition) is 4. The zero-order valence-electron chi connectivity index (χ0n) is 10.1. The number of nitrogens with zero attached hydrogens (tertiary/aromatic N) is 3. The molecular formula is C12H18N4O. The molecule has 0 spiro atoms. The summed E-state index contributed by atoms with van der Waals surface area (Å²) in [6, 6.07) is 2.18. The molecule has 1 N–H and O–H groups in total. The fourth-order valence-electron chi connectivity index (χ4n) is 1.80. The van der Waals surface area contributed by atoms with E-state index in [0.29, 0.717) is 6.54 Å². The van der Waals surface area contributed by atoms with Crippen molar-refractivity contribution in [2.45, 2.75) is 13.0 Å². The molecule has 1 aliphatic rings. The van der Waals surface area contributed by atoms with Crippen molar-refractivity contribution < 1.29 is 4.79 Å². The van der Waals surface area contributed by atoms with Crippen molar-refractivity contribution >= 4 is 5.91 Å². The second-order valence-corrected chi connectivity index (χ2v) is 4.10. The molecule has 0 aromatic carbocycles. The van der Waals surface area contributed by atoms with Gasteiger partial charge >= 0.3 is 0 Å². The number of carbonyl (C=O) groups excluding carboxylic acids is 1. The third-order valence-corrected chi connectivity index (χ3v) is 2.90. The second-order valence-electron chi connectivity index (χ2n) is 4.10. The Kier molecular flexibility index (Phi) is 5.48. The molecule has 0 saturated carbocycles. The molecule has 1 saturated heterocycles. The molecule has 1 unspecified atom stereocenters. The topological polar surface area (TPSA) is 59.4 Å². The van der Waals surface area contributed by atoms with Crippen molar-refractivity contribution in [2.24, 2.45) is 0 Å². The molecule has 1 amide bonds. The molecule has 0 radical (unpaired) electrons.